The van der Waals surface area contributed by atoms with Gasteiger partial charge in [-0.25, -0.2) is 24.9 Å². The predicted octanol–water partition coefficient (Wildman–Crippen LogP) is 5.42. The van der Waals surface area contributed by atoms with Crippen LogP contribution in [0.3, 0.4) is 0 Å². The van der Waals surface area contributed by atoms with E-state index in [9.17, 15) is 10.2 Å². The summed E-state index contributed by atoms with van der Waals surface area (Å²) in [4.78, 5) is 25.4. The number of aliphatic hydroxyl groups is 2. The number of nitrogens with zero attached hydrogens (tertiary/aromatic N) is 11. The van der Waals surface area contributed by atoms with Gasteiger partial charge in [-0.1, -0.05) is 6.07 Å². The summed E-state index contributed by atoms with van der Waals surface area (Å²) in [5.41, 5.74) is 13.3. The number of anilines is 5. The summed E-state index contributed by atoms with van der Waals surface area (Å²) in [6.45, 7) is 4.27. The summed E-state index contributed by atoms with van der Waals surface area (Å²) in [6, 6.07) is 10.6. The lowest BCUT2D eigenvalue weighted by molar-refractivity contribution is 0.169. The van der Waals surface area contributed by atoms with Gasteiger partial charge in [-0.3, -0.25) is 0 Å². The van der Waals surface area contributed by atoms with Crippen LogP contribution in [0.15, 0.2) is 59.7 Å². The SMILES string of the molecule is Cc1c(C2CC[C@@H](CO)[C@@H](Nc3cc(NCc4cnc(N)nc4)n4ncc(Br)c4n3)C2)nn2c(NCc3ccc4c(c3)ncn4C)cc(N3CCCC[C@H]3CCO)nc12. The van der Waals surface area contributed by atoms with Crippen LogP contribution in [0.2, 0.25) is 0 Å². The molecule has 1 saturated heterocycles. The minimum Gasteiger partial charge on any atom is -0.396 e. The van der Waals surface area contributed by atoms with E-state index >= 15 is 0 Å². The number of aryl methyl sites for hydroxylation is 2. The standard InChI is InChI=1S/C41H50BrN15O2/c1-24-38(27-7-8-28(22-59)31(14-27)50-34-15-35(56-40(51-34)30(42)21-49-56)45-18-26-19-46-41(43)47-20-26)53-57-36(44-17-25-6-9-33-32(13-25)48-23-54(33)2)16-37(52-39(24)57)55-11-4-3-5-29(55)10-12-58/h6,9,13,15-16,19-21,23,27-29,31,44-45,58-59H,3-5,7-8,10-12,14,17-18,22H2,1-2H3,(H,50,51)(H2,43,46,47)/t27?,28-,29-,31-/m0/s1. The lowest BCUT2D eigenvalue weighted by Crippen LogP contribution is -2.40. The number of nitrogens with one attached hydrogen (secondary N) is 3. The molecule has 1 aliphatic carbocycles. The van der Waals surface area contributed by atoms with Gasteiger partial charge in [0, 0.05) is 99.5 Å². The molecule has 1 aromatic carbocycles. The molecule has 6 aromatic heterocycles. The van der Waals surface area contributed by atoms with Gasteiger partial charge < -0.3 is 41.4 Å². The zero-order valence-corrected chi connectivity index (χ0v) is 34.8. The van der Waals surface area contributed by atoms with Crippen molar-refractivity contribution in [2.75, 3.05) is 46.3 Å². The molecule has 7 heterocycles. The highest BCUT2D eigenvalue weighted by Crippen LogP contribution is 2.40. The molecule has 59 heavy (non-hydrogen) atoms. The molecule has 0 bridgehead atoms. The van der Waals surface area contributed by atoms with Crippen molar-refractivity contribution >= 4 is 67.5 Å². The van der Waals surface area contributed by atoms with Crippen LogP contribution in [0, 0.1) is 12.8 Å². The maximum absolute atomic E-state index is 10.6. The Kier molecular flexibility index (Phi) is 10.9. The molecule has 1 unspecified atom stereocenters. The third-order valence-corrected chi connectivity index (χ3v) is 12.6. The van der Waals surface area contributed by atoms with Crippen molar-refractivity contribution in [1.82, 2.24) is 48.7 Å². The van der Waals surface area contributed by atoms with Crippen molar-refractivity contribution < 1.29 is 10.2 Å². The molecular formula is C41H50BrN15O2. The zero-order chi connectivity index (χ0) is 40.6. The van der Waals surface area contributed by atoms with Crippen LogP contribution in [0.1, 0.15) is 73.2 Å². The fraction of sp³-hybridized carbons (Fsp3) is 0.439. The maximum atomic E-state index is 10.6. The number of piperidine rings is 1. The lowest BCUT2D eigenvalue weighted by Gasteiger charge is -2.36. The Bertz CT molecular complexity index is 2590. The molecule has 7 N–H and O–H groups in total. The number of aliphatic hydroxyl groups excluding tert-OH is 2. The lowest BCUT2D eigenvalue weighted by atomic mass is 9.76. The molecule has 1 saturated carbocycles. The van der Waals surface area contributed by atoms with Gasteiger partial charge in [0.2, 0.25) is 5.95 Å². The molecule has 0 amide bonds. The van der Waals surface area contributed by atoms with Crippen LogP contribution in [-0.4, -0.2) is 90.8 Å². The quantitative estimate of drug-likeness (QED) is 0.0856. The van der Waals surface area contributed by atoms with Gasteiger partial charge in [-0.2, -0.15) is 19.2 Å². The van der Waals surface area contributed by atoms with E-state index in [-0.39, 0.29) is 43.1 Å². The van der Waals surface area contributed by atoms with E-state index in [0.717, 1.165) is 106 Å². The van der Waals surface area contributed by atoms with E-state index in [0.29, 0.717) is 31.0 Å². The largest absolute Gasteiger partial charge is 0.396 e. The normalized spacial score (nSPS) is 19.8. The fourth-order valence-electron chi connectivity index (χ4n) is 8.87. The molecule has 4 atom stereocenters. The number of hydrogen-bond acceptors (Lipinski definition) is 14. The number of fused-ring (bicyclic) bond motifs is 3. The summed E-state index contributed by atoms with van der Waals surface area (Å²) in [7, 11) is 2.01. The van der Waals surface area contributed by atoms with Gasteiger partial charge in [0.15, 0.2) is 11.3 Å². The van der Waals surface area contributed by atoms with Crippen molar-refractivity contribution in [1.29, 1.82) is 0 Å². The van der Waals surface area contributed by atoms with Gasteiger partial charge in [0.05, 0.1) is 33.7 Å². The number of hydrogen-bond donors (Lipinski definition) is 6. The Morgan fingerprint density at radius 3 is 2.53 bits per heavy atom. The van der Waals surface area contributed by atoms with E-state index in [1.807, 2.05) is 28.5 Å². The molecule has 1 aliphatic heterocycles. The summed E-state index contributed by atoms with van der Waals surface area (Å²) >= 11 is 3.62. The predicted molar refractivity (Wildman–Crippen MR) is 231 cm³/mol. The highest BCUT2D eigenvalue weighted by molar-refractivity contribution is 9.10. The summed E-state index contributed by atoms with van der Waals surface area (Å²) in [5.74, 6) is 3.54. The second-order valence-corrected chi connectivity index (χ2v) is 16.7. The molecule has 0 radical (unpaired) electrons. The van der Waals surface area contributed by atoms with Crippen molar-refractivity contribution in [3.8, 4) is 0 Å². The topological polar surface area (TPSA) is 210 Å². The molecule has 9 rings (SSSR count). The average molecular weight is 865 g/mol. The first kappa shape index (κ1) is 38.9. The smallest absolute Gasteiger partial charge is 0.219 e. The highest BCUT2D eigenvalue weighted by Gasteiger charge is 2.35. The minimum atomic E-state index is -0.0758. The van der Waals surface area contributed by atoms with Crippen LogP contribution < -0.4 is 26.6 Å². The van der Waals surface area contributed by atoms with E-state index in [2.05, 4.69) is 88.0 Å². The monoisotopic (exact) mass is 863 g/mol. The van der Waals surface area contributed by atoms with Crippen molar-refractivity contribution in [2.45, 2.75) is 83.0 Å². The first-order chi connectivity index (χ1) is 28.8. The number of benzene rings is 1. The number of halogens is 1. The molecule has 18 heteroatoms. The fourth-order valence-corrected chi connectivity index (χ4v) is 9.22. The minimum absolute atomic E-state index is 0.0271. The number of rotatable bonds is 13. The van der Waals surface area contributed by atoms with Crippen molar-refractivity contribution in [3.63, 3.8) is 0 Å². The maximum Gasteiger partial charge on any atom is 0.219 e. The van der Waals surface area contributed by atoms with E-state index in [4.69, 9.17) is 20.8 Å². The van der Waals surface area contributed by atoms with Crippen molar-refractivity contribution in [3.05, 3.63) is 82.1 Å². The second-order valence-electron chi connectivity index (χ2n) is 15.9. The Labute approximate surface area is 349 Å². The Morgan fingerprint density at radius 1 is 0.898 bits per heavy atom. The van der Waals surface area contributed by atoms with Gasteiger partial charge in [-0.05, 0) is 85.5 Å². The zero-order valence-electron chi connectivity index (χ0n) is 33.3. The summed E-state index contributed by atoms with van der Waals surface area (Å²) in [6.07, 6.45) is 13.4. The van der Waals surface area contributed by atoms with Gasteiger partial charge in [-0.15, -0.1) is 0 Å². The molecule has 308 valence electrons. The highest BCUT2D eigenvalue weighted by atomic mass is 79.9. The number of imidazole rings is 1. The Hall–Kier alpha value is -5.59. The van der Waals surface area contributed by atoms with Gasteiger partial charge in [0.25, 0.3) is 0 Å². The molecular weight excluding hydrogens is 814 g/mol. The van der Waals surface area contributed by atoms with Gasteiger partial charge in [0.1, 0.15) is 23.3 Å². The number of nitrogens with two attached hydrogens (primary N) is 1. The van der Waals surface area contributed by atoms with Crippen LogP contribution in [-0.2, 0) is 20.1 Å². The molecule has 2 aliphatic rings. The van der Waals surface area contributed by atoms with E-state index in [1.54, 1.807) is 23.1 Å². The Balaban J connectivity index is 1.02. The summed E-state index contributed by atoms with van der Waals surface area (Å²) in [5, 5.41) is 41.3. The molecule has 17 nitrogen and oxygen atoms in total. The van der Waals surface area contributed by atoms with E-state index < -0.39 is 0 Å². The number of aromatic nitrogens is 10. The molecule has 7 aromatic rings. The molecule has 0 spiro atoms. The van der Waals surface area contributed by atoms with Crippen LogP contribution in [0.5, 0.6) is 0 Å². The Morgan fingerprint density at radius 2 is 1.71 bits per heavy atom. The van der Waals surface area contributed by atoms with Crippen LogP contribution in [0.4, 0.5) is 29.2 Å². The van der Waals surface area contributed by atoms with Crippen LogP contribution in [0.25, 0.3) is 22.3 Å². The molecule has 2 fully saturated rings. The first-order valence-electron chi connectivity index (χ1n) is 20.4. The van der Waals surface area contributed by atoms with Crippen molar-refractivity contribution in [2.24, 2.45) is 13.0 Å². The summed E-state index contributed by atoms with van der Waals surface area (Å²) < 4.78 is 6.51. The first-order valence-corrected chi connectivity index (χ1v) is 21.2. The second kappa shape index (κ2) is 16.6. The third kappa shape index (κ3) is 7.83. The van der Waals surface area contributed by atoms with E-state index in [1.165, 1.54) is 0 Å². The van der Waals surface area contributed by atoms with Crippen LogP contribution >= 0.6 is 15.9 Å². The average Bonchev–Trinajstić information content (AvgIpc) is 3.93. The number of nitrogen functional groups attached to an aromatic ring is 1. The third-order valence-electron chi connectivity index (χ3n) is 12.1. The van der Waals surface area contributed by atoms with Gasteiger partial charge >= 0.3 is 0 Å².